The van der Waals surface area contributed by atoms with Gasteiger partial charge < -0.3 is 5.48 Å². The summed E-state index contributed by atoms with van der Waals surface area (Å²) in [5.41, 5.74) is 0. The van der Waals surface area contributed by atoms with E-state index in [9.17, 15) is 0 Å². The Kier molecular flexibility index (Phi) is 8.91. The minimum atomic E-state index is -0.961. The number of rotatable bonds is 6. The molecule has 0 atom stereocenters. The molecule has 1 nitrogen and oxygen atoms in total. The first-order valence-electron chi connectivity index (χ1n) is 7.73. The van der Waals surface area contributed by atoms with Gasteiger partial charge in [0.1, 0.15) is 0 Å². The molecular weight excluding hydrogens is 415 g/mol. The van der Waals surface area contributed by atoms with Crippen molar-refractivity contribution in [3.63, 3.8) is 0 Å². The van der Waals surface area contributed by atoms with E-state index in [1.165, 1.54) is 6.36 Å². The van der Waals surface area contributed by atoms with E-state index in [0.29, 0.717) is 0 Å². The van der Waals surface area contributed by atoms with Crippen LogP contribution in [0.25, 0.3) is 0 Å². The summed E-state index contributed by atoms with van der Waals surface area (Å²) in [6, 6.07) is 0. The zero-order chi connectivity index (χ0) is 15.9. The van der Waals surface area contributed by atoms with Gasteiger partial charge in [-0.05, 0) is 0 Å². The van der Waals surface area contributed by atoms with Crippen LogP contribution in [0.1, 0.15) is 0 Å². The van der Waals surface area contributed by atoms with Gasteiger partial charge in [-0.3, -0.25) is 0 Å². The Hall–Kier alpha value is 1.63. The van der Waals surface area contributed by atoms with E-state index < -0.39 is 32.3 Å². The predicted molar refractivity (Wildman–Crippen MR) is 110 cm³/mol. The monoisotopic (exact) mass is 456 g/mol. The first-order chi connectivity index (χ1) is 7.97. The molecule has 0 aliphatic rings. The molecule has 0 fully saturated rings. The van der Waals surface area contributed by atoms with Gasteiger partial charge in [0, 0.05) is 0 Å². The van der Waals surface area contributed by atoms with Crippen molar-refractivity contribution >= 4 is 53.4 Å². The molecule has 0 saturated heterocycles. The van der Waals surface area contributed by atoms with Crippen molar-refractivity contribution in [2.24, 2.45) is 0 Å². The third-order valence-corrected chi connectivity index (χ3v) is 57.2. The smallest absolute Gasteiger partial charge is 0.412 e. The second-order valence-corrected chi connectivity index (χ2v) is 43.7. The van der Waals surface area contributed by atoms with Crippen molar-refractivity contribution in [2.45, 2.75) is 84.9 Å². The predicted octanol–water partition coefficient (Wildman–Crippen LogP) is 4.95. The molecule has 0 amide bonds. The second-order valence-electron chi connectivity index (χ2n) is 10.5. The summed E-state index contributed by atoms with van der Waals surface area (Å²) in [4.78, 5) is 0. The van der Waals surface area contributed by atoms with Crippen LogP contribution in [0.15, 0.2) is 0 Å². The largest absolute Gasteiger partial charge is 0.412 e. The summed E-state index contributed by atoms with van der Waals surface area (Å²) < 4.78 is 2.51. The Labute approximate surface area is 143 Å². The topological polar surface area (TPSA) is 31.5 Å². The molecule has 2 radical (unpaired) electrons. The number of hydrogen-bond acceptors (Lipinski definition) is 0. The first-order valence-corrected chi connectivity index (χ1v) is 25.3. The van der Waals surface area contributed by atoms with E-state index in [4.69, 9.17) is 0 Å². The van der Waals surface area contributed by atoms with Crippen LogP contribution in [0, 0.1) is 0 Å². The van der Waals surface area contributed by atoms with Crippen molar-refractivity contribution < 1.29 is 5.48 Å². The van der Waals surface area contributed by atoms with Crippen LogP contribution in [-0.4, -0.2) is 58.9 Å². The Bertz CT molecular complexity index is 236. The maximum atomic E-state index is 2.66. The van der Waals surface area contributed by atoms with E-state index in [2.05, 4.69) is 78.6 Å². The SMILES string of the molecule is C[Si](C)(C)[CH]([Sn][CH]([Si](C)(C)C)[Si](C)(C)C)[Si](C)(C)C.O. The van der Waals surface area contributed by atoms with Crippen molar-refractivity contribution in [2.75, 3.05) is 0 Å². The maximum Gasteiger partial charge on any atom is -0.412 e. The van der Waals surface area contributed by atoms with Crippen LogP contribution < -0.4 is 0 Å². The molecule has 0 spiro atoms. The van der Waals surface area contributed by atoms with E-state index in [-0.39, 0.29) is 26.6 Å². The summed E-state index contributed by atoms with van der Waals surface area (Å²) in [5.74, 6) is 0. The standard InChI is InChI=1S/2C7H19Si2.H2O.Sn/c2*1-8(2,3)7-9(4,5)6;;/h2*7H,1-6H3;1H2;. The van der Waals surface area contributed by atoms with Crippen molar-refractivity contribution in [3.8, 4) is 0 Å². The summed E-state index contributed by atoms with van der Waals surface area (Å²) in [6.45, 7) is 31.9. The minimum absolute atomic E-state index is 0. The van der Waals surface area contributed by atoms with Crippen molar-refractivity contribution in [1.82, 2.24) is 0 Å². The van der Waals surface area contributed by atoms with Gasteiger partial charge in [0.15, 0.2) is 0 Å². The van der Waals surface area contributed by atoms with Crippen LogP contribution in [0.5, 0.6) is 0 Å². The Balaban J connectivity index is 0. The van der Waals surface area contributed by atoms with Gasteiger partial charge in [0.05, 0.1) is 0 Å². The first kappa shape index (κ1) is 23.9. The van der Waals surface area contributed by atoms with Crippen molar-refractivity contribution in [3.05, 3.63) is 0 Å². The molecule has 0 saturated carbocycles. The quantitative estimate of drug-likeness (QED) is 0.508. The number of hydrogen-bond donors (Lipinski definition) is 0. The zero-order valence-corrected chi connectivity index (χ0v) is 23.0. The minimum Gasteiger partial charge on any atom is -0.412 e. The molecule has 20 heavy (non-hydrogen) atoms. The molecule has 6 heteroatoms. The summed E-state index contributed by atoms with van der Waals surface area (Å²) >= 11 is -0.266. The fourth-order valence-electron chi connectivity index (χ4n) is 3.76. The van der Waals surface area contributed by atoms with E-state index >= 15 is 0 Å². The Morgan fingerprint density at radius 3 is 0.700 bits per heavy atom. The van der Waals surface area contributed by atoms with Crippen molar-refractivity contribution in [1.29, 1.82) is 0 Å². The van der Waals surface area contributed by atoms with Gasteiger partial charge in [-0.1, -0.05) is 0 Å². The van der Waals surface area contributed by atoms with E-state index in [1.54, 1.807) is 0 Å². The maximum absolute atomic E-state index is 2.66. The van der Waals surface area contributed by atoms with Crippen LogP contribution in [0.4, 0.5) is 0 Å². The summed E-state index contributed by atoms with van der Waals surface area (Å²) in [6.07, 6.45) is 0. The van der Waals surface area contributed by atoms with Crippen LogP contribution in [0.2, 0.25) is 84.9 Å². The Morgan fingerprint density at radius 2 is 0.600 bits per heavy atom. The van der Waals surface area contributed by atoms with Crippen LogP contribution in [0.3, 0.4) is 0 Å². The molecule has 0 aliphatic heterocycles. The molecule has 0 heterocycles. The second kappa shape index (κ2) is 7.46. The molecular formula is C14H40OSi4Sn. The van der Waals surface area contributed by atoms with E-state index in [1.807, 2.05) is 0 Å². The van der Waals surface area contributed by atoms with Gasteiger partial charge in [-0.2, -0.15) is 0 Å². The van der Waals surface area contributed by atoms with Crippen LogP contribution >= 0.6 is 0 Å². The molecule has 0 bridgehead atoms. The van der Waals surface area contributed by atoms with Gasteiger partial charge in [-0.15, -0.1) is 0 Å². The van der Waals surface area contributed by atoms with E-state index in [0.717, 1.165) is 0 Å². The average Bonchev–Trinajstić information content (AvgIpc) is 1.91. The fourth-order valence-corrected chi connectivity index (χ4v) is 53.6. The van der Waals surface area contributed by atoms with Gasteiger partial charge in [0.25, 0.3) is 0 Å². The molecule has 0 aromatic heterocycles. The molecule has 0 aromatic carbocycles. The molecule has 122 valence electrons. The molecule has 2 N–H and O–H groups in total. The third kappa shape index (κ3) is 7.76. The van der Waals surface area contributed by atoms with Gasteiger partial charge >= 0.3 is 138 Å². The zero-order valence-electron chi connectivity index (χ0n) is 16.2. The third-order valence-electron chi connectivity index (χ3n) is 3.80. The van der Waals surface area contributed by atoms with Gasteiger partial charge in [0.2, 0.25) is 0 Å². The molecule has 0 rings (SSSR count). The molecule has 0 aliphatic carbocycles. The summed E-state index contributed by atoms with van der Waals surface area (Å²) in [7, 11) is -3.84. The molecule has 0 unspecified atom stereocenters. The molecule has 0 aromatic rings. The van der Waals surface area contributed by atoms with Crippen LogP contribution in [-0.2, 0) is 0 Å². The normalized spacial score (nSPS) is 14.7. The fraction of sp³-hybridized carbons (Fsp3) is 1.00. The average molecular weight is 456 g/mol. The van der Waals surface area contributed by atoms with Gasteiger partial charge in [-0.25, -0.2) is 0 Å². The Morgan fingerprint density at radius 1 is 0.450 bits per heavy atom. The summed E-state index contributed by atoms with van der Waals surface area (Å²) in [5, 5.41) is 0.